The summed E-state index contributed by atoms with van der Waals surface area (Å²) in [4.78, 5) is -0.269. The number of hydrogen-bond donors (Lipinski definition) is 1. The zero-order valence-corrected chi connectivity index (χ0v) is 13.3. The lowest BCUT2D eigenvalue weighted by Crippen LogP contribution is -2.48. The van der Waals surface area contributed by atoms with E-state index in [4.69, 9.17) is 4.74 Å². The first-order chi connectivity index (χ1) is 10.9. The highest BCUT2D eigenvalue weighted by atomic mass is 32.2. The maximum Gasteiger partial charge on any atom is 0.243 e. The molecule has 0 spiro atoms. The molecule has 5 nitrogen and oxygen atoms in total. The maximum absolute atomic E-state index is 13.4. The topological polar surface area (TPSA) is 66.8 Å². The average Bonchev–Trinajstić information content (AvgIpc) is 3.00. The molecule has 3 rings (SSSR count). The largest absolute Gasteiger partial charge is 0.393 e. The van der Waals surface area contributed by atoms with E-state index in [0.717, 1.165) is 12.1 Å². The Kier molecular flexibility index (Phi) is 4.68. The average molecular weight is 347 g/mol. The van der Waals surface area contributed by atoms with Crippen LogP contribution < -0.4 is 0 Å². The zero-order chi connectivity index (χ0) is 16.6. The molecule has 0 amide bonds. The summed E-state index contributed by atoms with van der Waals surface area (Å²) in [5.41, 5.74) is 0. The van der Waals surface area contributed by atoms with Crippen molar-refractivity contribution >= 4 is 10.0 Å². The molecule has 23 heavy (non-hydrogen) atoms. The molecule has 2 fully saturated rings. The molecule has 2 heterocycles. The third-order valence-corrected chi connectivity index (χ3v) is 6.52. The lowest BCUT2D eigenvalue weighted by Gasteiger charge is -2.36. The molecule has 3 atom stereocenters. The number of hydrogen-bond acceptors (Lipinski definition) is 4. The highest BCUT2D eigenvalue weighted by molar-refractivity contribution is 7.89. The molecule has 1 aromatic rings. The summed E-state index contributed by atoms with van der Waals surface area (Å²) in [5, 5.41) is 10.2. The summed E-state index contributed by atoms with van der Waals surface area (Å²) < 4.78 is 58.7. The van der Waals surface area contributed by atoms with E-state index in [-0.39, 0.29) is 16.9 Å². The van der Waals surface area contributed by atoms with Crippen molar-refractivity contribution in [2.75, 3.05) is 19.8 Å². The molecule has 128 valence electrons. The minimum Gasteiger partial charge on any atom is -0.393 e. The number of rotatable bonds is 3. The van der Waals surface area contributed by atoms with Crippen molar-refractivity contribution in [2.24, 2.45) is 5.92 Å². The van der Waals surface area contributed by atoms with Crippen LogP contribution in [0.3, 0.4) is 0 Å². The van der Waals surface area contributed by atoms with Crippen molar-refractivity contribution in [3.8, 4) is 0 Å². The van der Waals surface area contributed by atoms with Crippen LogP contribution in [0.25, 0.3) is 0 Å². The molecule has 1 aromatic carbocycles. The Labute approximate surface area is 133 Å². The number of nitrogens with zero attached hydrogens (tertiary/aromatic N) is 1. The quantitative estimate of drug-likeness (QED) is 0.900. The van der Waals surface area contributed by atoms with Crippen molar-refractivity contribution in [3.05, 3.63) is 29.8 Å². The second-order valence-corrected chi connectivity index (χ2v) is 7.89. The molecule has 2 saturated heterocycles. The third-order valence-electron chi connectivity index (χ3n) is 4.60. The van der Waals surface area contributed by atoms with Crippen LogP contribution in [-0.4, -0.2) is 49.7 Å². The van der Waals surface area contributed by atoms with Gasteiger partial charge in [-0.1, -0.05) is 0 Å². The molecule has 2 aliphatic rings. The van der Waals surface area contributed by atoms with Gasteiger partial charge in [0.15, 0.2) is 11.6 Å². The first kappa shape index (κ1) is 16.8. The second-order valence-electron chi connectivity index (χ2n) is 6.00. The number of aliphatic hydroxyl groups is 1. The molecular formula is C15H19F2NO4S. The Bertz CT molecular complexity index is 682. The van der Waals surface area contributed by atoms with Crippen LogP contribution >= 0.6 is 0 Å². The van der Waals surface area contributed by atoms with Crippen molar-refractivity contribution in [1.82, 2.24) is 4.31 Å². The Morgan fingerprint density at radius 1 is 1.22 bits per heavy atom. The van der Waals surface area contributed by atoms with Gasteiger partial charge in [0.05, 0.1) is 17.6 Å². The number of ether oxygens (including phenoxy) is 1. The van der Waals surface area contributed by atoms with E-state index in [1.165, 1.54) is 4.31 Å². The molecule has 3 unspecified atom stereocenters. The van der Waals surface area contributed by atoms with E-state index in [1.54, 1.807) is 0 Å². The highest BCUT2D eigenvalue weighted by Crippen LogP contribution is 2.34. The monoisotopic (exact) mass is 347 g/mol. The van der Waals surface area contributed by atoms with Crippen LogP contribution in [0.5, 0.6) is 0 Å². The van der Waals surface area contributed by atoms with E-state index in [1.807, 2.05) is 0 Å². The zero-order valence-electron chi connectivity index (χ0n) is 12.5. The normalized spacial score (nSPS) is 29.8. The molecule has 0 bridgehead atoms. The first-order valence-corrected chi connectivity index (χ1v) is 9.08. The minimum absolute atomic E-state index is 0.269. The van der Waals surface area contributed by atoms with Crippen LogP contribution in [0.4, 0.5) is 8.78 Å². The molecule has 8 heteroatoms. The molecule has 0 aliphatic carbocycles. The van der Waals surface area contributed by atoms with Crippen molar-refractivity contribution in [3.63, 3.8) is 0 Å². The van der Waals surface area contributed by atoms with Gasteiger partial charge < -0.3 is 9.84 Å². The van der Waals surface area contributed by atoms with Crippen molar-refractivity contribution in [2.45, 2.75) is 36.3 Å². The van der Waals surface area contributed by atoms with Gasteiger partial charge in [0, 0.05) is 25.1 Å². The SMILES string of the molecule is O=S(=O)(c1ccc(F)c(F)c1)N1CCCC1C1COCCC1O. The van der Waals surface area contributed by atoms with Gasteiger partial charge in [-0.05, 0) is 37.5 Å². The number of aliphatic hydroxyl groups excluding tert-OH is 1. The summed E-state index contributed by atoms with van der Waals surface area (Å²) in [6.07, 6.45) is 1.14. The van der Waals surface area contributed by atoms with Crippen LogP contribution in [0.2, 0.25) is 0 Å². The summed E-state index contributed by atoms with van der Waals surface area (Å²) in [5.74, 6) is -2.58. The number of halogens is 2. The predicted octanol–water partition coefficient (Wildman–Crippen LogP) is 1.52. The lowest BCUT2D eigenvalue weighted by molar-refractivity contribution is -0.0543. The van der Waals surface area contributed by atoms with Crippen LogP contribution in [-0.2, 0) is 14.8 Å². The van der Waals surface area contributed by atoms with Crippen LogP contribution in [0.15, 0.2) is 23.1 Å². The second kappa shape index (κ2) is 6.43. The number of benzene rings is 1. The van der Waals surface area contributed by atoms with E-state index in [9.17, 15) is 22.3 Å². The van der Waals surface area contributed by atoms with Crippen LogP contribution in [0.1, 0.15) is 19.3 Å². The fraction of sp³-hybridized carbons (Fsp3) is 0.600. The molecular weight excluding hydrogens is 328 g/mol. The van der Waals surface area contributed by atoms with Gasteiger partial charge in [-0.3, -0.25) is 0 Å². The summed E-state index contributed by atoms with van der Waals surface area (Å²) in [7, 11) is -3.94. The molecule has 1 N–H and O–H groups in total. The molecule has 0 aromatic heterocycles. The van der Waals surface area contributed by atoms with Gasteiger partial charge in [-0.2, -0.15) is 4.31 Å². The molecule has 0 radical (unpaired) electrons. The van der Waals surface area contributed by atoms with Crippen LogP contribution in [0, 0.1) is 17.6 Å². The molecule has 2 aliphatic heterocycles. The lowest BCUT2D eigenvalue weighted by atomic mass is 9.90. The summed E-state index contributed by atoms with van der Waals surface area (Å²) in [6.45, 7) is 1.06. The van der Waals surface area contributed by atoms with Gasteiger partial charge in [0.25, 0.3) is 0 Å². The minimum atomic E-state index is -3.94. The predicted molar refractivity (Wildman–Crippen MR) is 78.2 cm³/mol. The standard InChI is InChI=1S/C15H19F2NO4S/c16-12-4-3-10(8-13(12)17)23(20,21)18-6-1-2-14(18)11-9-22-7-5-15(11)19/h3-4,8,11,14-15,19H,1-2,5-7,9H2. The first-order valence-electron chi connectivity index (χ1n) is 7.64. The van der Waals surface area contributed by atoms with Crippen molar-refractivity contribution in [1.29, 1.82) is 0 Å². The maximum atomic E-state index is 13.4. The fourth-order valence-electron chi connectivity index (χ4n) is 3.38. The summed E-state index contributed by atoms with van der Waals surface area (Å²) >= 11 is 0. The van der Waals surface area contributed by atoms with Gasteiger partial charge >= 0.3 is 0 Å². The Balaban J connectivity index is 1.90. The highest BCUT2D eigenvalue weighted by Gasteiger charge is 2.43. The van der Waals surface area contributed by atoms with E-state index >= 15 is 0 Å². The third kappa shape index (κ3) is 3.13. The smallest absolute Gasteiger partial charge is 0.243 e. The molecule has 0 saturated carbocycles. The van der Waals surface area contributed by atoms with Gasteiger partial charge in [0.2, 0.25) is 10.0 Å². The van der Waals surface area contributed by atoms with E-state index in [2.05, 4.69) is 0 Å². The van der Waals surface area contributed by atoms with Gasteiger partial charge in [0.1, 0.15) is 0 Å². The van der Waals surface area contributed by atoms with Crippen molar-refractivity contribution < 1.29 is 27.0 Å². The summed E-state index contributed by atoms with van der Waals surface area (Å²) in [6, 6.07) is 2.19. The Morgan fingerprint density at radius 3 is 2.70 bits per heavy atom. The van der Waals surface area contributed by atoms with Gasteiger partial charge in [-0.15, -0.1) is 0 Å². The number of sulfonamides is 1. The van der Waals surface area contributed by atoms with Gasteiger partial charge in [-0.25, -0.2) is 17.2 Å². The van der Waals surface area contributed by atoms with E-state index < -0.39 is 27.8 Å². The Morgan fingerprint density at radius 2 is 2.00 bits per heavy atom. The fourth-order valence-corrected chi connectivity index (χ4v) is 5.13. The van der Waals surface area contributed by atoms with E-state index in [0.29, 0.717) is 45.1 Å². The Hall–Kier alpha value is -1.09.